The number of carbonyl (C=O) groups excluding carboxylic acids is 1. The van der Waals surface area contributed by atoms with Crippen LogP contribution in [0.1, 0.15) is 10.6 Å². The summed E-state index contributed by atoms with van der Waals surface area (Å²) in [5.41, 5.74) is 7.04. The predicted octanol–water partition coefficient (Wildman–Crippen LogP) is 5.12. The number of ketones is 1. The van der Waals surface area contributed by atoms with E-state index in [0.29, 0.717) is 15.7 Å². The predicted molar refractivity (Wildman–Crippen MR) is 99.8 cm³/mol. The Balaban J connectivity index is 1.84. The molecule has 0 saturated carbocycles. The number of rotatable bonds is 5. The van der Waals surface area contributed by atoms with E-state index in [1.165, 1.54) is 6.26 Å². The third kappa shape index (κ3) is 4.62. The van der Waals surface area contributed by atoms with Crippen LogP contribution in [0.25, 0.3) is 0 Å². The zero-order chi connectivity index (χ0) is 17.6. The summed E-state index contributed by atoms with van der Waals surface area (Å²) >= 11 is 11.7. The van der Waals surface area contributed by atoms with Crippen LogP contribution in [0.15, 0.2) is 76.3 Å². The SMILES string of the molecule is O=C(C(=Nc1ccc(Cl)cc1)NNc1ccc(Cl)cc1)c1ccco1. The highest BCUT2D eigenvalue weighted by molar-refractivity contribution is 6.45. The quantitative estimate of drug-likeness (QED) is 0.282. The number of carbonyl (C=O) groups is 1. The molecule has 0 saturated heterocycles. The van der Waals surface area contributed by atoms with Gasteiger partial charge < -0.3 is 4.42 Å². The Morgan fingerprint density at radius 1 is 0.920 bits per heavy atom. The molecule has 0 spiro atoms. The molecule has 0 atom stereocenters. The van der Waals surface area contributed by atoms with Crippen molar-refractivity contribution in [1.29, 1.82) is 0 Å². The number of amidine groups is 1. The molecule has 3 rings (SSSR count). The molecule has 2 aromatic carbocycles. The Morgan fingerprint density at radius 3 is 2.16 bits per heavy atom. The molecule has 5 nitrogen and oxygen atoms in total. The average Bonchev–Trinajstić information content (AvgIpc) is 3.16. The minimum Gasteiger partial charge on any atom is -0.461 e. The second-order valence-corrected chi connectivity index (χ2v) is 5.87. The topological polar surface area (TPSA) is 66.6 Å². The van der Waals surface area contributed by atoms with Crippen molar-refractivity contribution in [1.82, 2.24) is 5.43 Å². The summed E-state index contributed by atoms with van der Waals surface area (Å²) < 4.78 is 5.16. The summed E-state index contributed by atoms with van der Waals surface area (Å²) in [5, 5.41) is 1.21. The van der Waals surface area contributed by atoms with Crippen molar-refractivity contribution in [2.45, 2.75) is 0 Å². The number of aliphatic imine (C=N–C) groups is 1. The van der Waals surface area contributed by atoms with Gasteiger partial charge in [-0.05, 0) is 60.7 Å². The highest BCUT2D eigenvalue weighted by Crippen LogP contribution is 2.17. The number of halogens is 2. The molecule has 0 bridgehead atoms. The van der Waals surface area contributed by atoms with E-state index in [-0.39, 0.29) is 17.4 Å². The van der Waals surface area contributed by atoms with Crippen molar-refractivity contribution in [3.05, 3.63) is 82.7 Å². The molecule has 126 valence electrons. The lowest BCUT2D eigenvalue weighted by Gasteiger charge is -2.11. The van der Waals surface area contributed by atoms with Crippen molar-refractivity contribution in [3.8, 4) is 0 Å². The Morgan fingerprint density at radius 2 is 1.56 bits per heavy atom. The second kappa shape index (κ2) is 7.88. The van der Waals surface area contributed by atoms with Gasteiger partial charge in [0.05, 0.1) is 17.6 Å². The maximum Gasteiger partial charge on any atom is 0.264 e. The Bertz CT molecular complexity index is 874. The van der Waals surface area contributed by atoms with Gasteiger partial charge in [0.2, 0.25) is 0 Å². The molecule has 7 heteroatoms. The summed E-state index contributed by atoms with van der Waals surface area (Å²) in [5.74, 6) is -0.133. The van der Waals surface area contributed by atoms with Gasteiger partial charge in [0.15, 0.2) is 11.6 Å². The maximum absolute atomic E-state index is 12.6. The zero-order valence-electron chi connectivity index (χ0n) is 12.9. The summed E-state index contributed by atoms with van der Waals surface area (Å²) in [6, 6.07) is 17.0. The van der Waals surface area contributed by atoms with E-state index in [1.54, 1.807) is 60.7 Å². The van der Waals surface area contributed by atoms with E-state index in [4.69, 9.17) is 27.6 Å². The summed E-state index contributed by atoms with van der Waals surface area (Å²) in [7, 11) is 0. The van der Waals surface area contributed by atoms with Gasteiger partial charge in [-0.1, -0.05) is 23.2 Å². The summed E-state index contributed by atoms with van der Waals surface area (Å²) in [4.78, 5) is 16.9. The summed E-state index contributed by atoms with van der Waals surface area (Å²) in [6.45, 7) is 0. The largest absolute Gasteiger partial charge is 0.461 e. The monoisotopic (exact) mass is 373 g/mol. The molecule has 2 N–H and O–H groups in total. The molecule has 1 heterocycles. The van der Waals surface area contributed by atoms with E-state index in [1.807, 2.05) is 0 Å². The number of nitrogens with one attached hydrogen (secondary N) is 2. The molecule has 0 aliphatic rings. The van der Waals surface area contributed by atoms with Gasteiger partial charge in [-0.3, -0.25) is 15.6 Å². The van der Waals surface area contributed by atoms with Crippen molar-refractivity contribution in [3.63, 3.8) is 0 Å². The van der Waals surface area contributed by atoms with Crippen LogP contribution >= 0.6 is 23.2 Å². The molecule has 1 aromatic heterocycles. The van der Waals surface area contributed by atoms with Crippen LogP contribution in [0, 0.1) is 0 Å². The van der Waals surface area contributed by atoms with Gasteiger partial charge in [0.25, 0.3) is 5.78 Å². The van der Waals surface area contributed by atoms with Crippen LogP contribution in [0.4, 0.5) is 11.4 Å². The Hall–Kier alpha value is -2.76. The molecule has 0 radical (unpaired) electrons. The minimum absolute atomic E-state index is 0.0761. The van der Waals surface area contributed by atoms with E-state index < -0.39 is 0 Å². The van der Waals surface area contributed by atoms with Crippen LogP contribution in [0.5, 0.6) is 0 Å². The number of hydrogen-bond donors (Lipinski definition) is 2. The lowest BCUT2D eigenvalue weighted by atomic mass is 10.2. The van der Waals surface area contributed by atoms with Gasteiger partial charge in [0, 0.05) is 10.0 Å². The minimum atomic E-state index is -0.388. The smallest absolute Gasteiger partial charge is 0.264 e. The zero-order valence-corrected chi connectivity index (χ0v) is 14.4. The summed E-state index contributed by atoms with van der Waals surface area (Å²) in [6.07, 6.45) is 1.43. The number of Topliss-reactive ketones (excluding diaryl/α,β-unsaturated/α-hetero) is 1. The molecule has 0 amide bonds. The van der Waals surface area contributed by atoms with Gasteiger partial charge in [0.1, 0.15) is 0 Å². The number of benzene rings is 2. The number of hydrazine groups is 1. The lowest BCUT2D eigenvalue weighted by molar-refractivity contribution is 0.103. The normalized spacial score (nSPS) is 11.2. The number of hydrogen-bond acceptors (Lipinski definition) is 4. The first-order chi connectivity index (χ1) is 12.1. The standard InChI is InChI=1S/C18H13Cl2N3O2/c19-12-3-7-14(8-4-12)21-18(17(24)16-2-1-11-25-16)23-22-15-9-5-13(20)6-10-15/h1-11,22H,(H,21,23). The fraction of sp³-hybridized carbons (Fsp3) is 0. The van der Waals surface area contributed by atoms with Gasteiger partial charge in [-0.15, -0.1) is 0 Å². The van der Waals surface area contributed by atoms with E-state index in [2.05, 4.69) is 15.8 Å². The van der Waals surface area contributed by atoms with Crippen LogP contribution in [-0.2, 0) is 0 Å². The molecule has 0 aliphatic carbocycles. The molecular weight excluding hydrogens is 361 g/mol. The van der Waals surface area contributed by atoms with Crippen molar-refractivity contribution in [2.75, 3.05) is 5.43 Å². The van der Waals surface area contributed by atoms with Crippen LogP contribution in [0.3, 0.4) is 0 Å². The third-order valence-electron chi connectivity index (χ3n) is 3.20. The fourth-order valence-corrected chi connectivity index (χ4v) is 2.22. The molecule has 25 heavy (non-hydrogen) atoms. The highest BCUT2D eigenvalue weighted by atomic mass is 35.5. The van der Waals surface area contributed by atoms with Crippen molar-refractivity contribution < 1.29 is 9.21 Å². The fourth-order valence-electron chi connectivity index (χ4n) is 1.97. The number of furan rings is 1. The van der Waals surface area contributed by atoms with Gasteiger partial charge >= 0.3 is 0 Å². The van der Waals surface area contributed by atoms with Gasteiger partial charge in [-0.2, -0.15) is 0 Å². The van der Waals surface area contributed by atoms with E-state index in [0.717, 1.165) is 5.69 Å². The molecule has 0 aliphatic heterocycles. The lowest BCUT2D eigenvalue weighted by Crippen LogP contribution is -2.35. The van der Waals surface area contributed by atoms with Crippen molar-refractivity contribution >= 4 is 46.2 Å². The maximum atomic E-state index is 12.6. The number of anilines is 1. The first-order valence-electron chi connectivity index (χ1n) is 7.32. The van der Waals surface area contributed by atoms with Crippen LogP contribution < -0.4 is 10.9 Å². The van der Waals surface area contributed by atoms with E-state index in [9.17, 15) is 4.79 Å². The van der Waals surface area contributed by atoms with Crippen LogP contribution in [0.2, 0.25) is 10.0 Å². The molecule has 0 unspecified atom stereocenters. The van der Waals surface area contributed by atoms with Crippen LogP contribution in [-0.4, -0.2) is 11.6 Å². The second-order valence-electron chi connectivity index (χ2n) is 5.00. The first-order valence-corrected chi connectivity index (χ1v) is 8.07. The Kier molecular flexibility index (Phi) is 5.38. The number of nitrogens with zero attached hydrogens (tertiary/aromatic N) is 1. The molecular formula is C18H13Cl2N3O2. The highest BCUT2D eigenvalue weighted by Gasteiger charge is 2.17. The Labute approximate surface area is 154 Å². The van der Waals surface area contributed by atoms with Gasteiger partial charge in [-0.25, -0.2) is 4.99 Å². The van der Waals surface area contributed by atoms with E-state index >= 15 is 0 Å². The molecule has 3 aromatic rings. The van der Waals surface area contributed by atoms with Crippen molar-refractivity contribution in [2.24, 2.45) is 4.99 Å². The third-order valence-corrected chi connectivity index (χ3v) is 3.70. The molecule has 0 fully saturated rings. The average molecular weight is 374 g/mol. The first kappa shape index (κ1) is 17.1.